The van der Waals surface area contributed by atoms with Gasteiger partial charge in [0.15, 0.2) is 0 Å². The summed E-state index contributed by atoms with van der Waals surface area (Å²) in [4.78, 5) is 0. The first kappa shape index (κ1) is 4.57. The normalized spacial score (nSPS) is 43.0. The topological polar surface area (TPSA) is 12.0 Å². The molecule has 1 N–H and O–H groups in total. The minimum atomic E-state index is 0.730. The molecule has 1 aliphatic heterocycles. The van der Waals surface area contributed by atoms with Gasteiger partial charge in [0.25, 0.3) is 0 Å². The molecule has 2 rings (SSSR count). The van der Waals surface area contributed by atoms with Crippen LogP contribution in [0.2, 0.25) is 0 Å². The van der Waals surface area contributed by atoms with Crippen LogP contribution in [0, 0.1) is 5.92 Å². The second-order valence-corrected chi connectivity index (χ2v) is 2.73. The first-order chi connectivity index (χ1) is 3.95. The Morgan fingerprint density at radius 1 is 1.38 bits per heavy atom. The molecule has 0 aromatic rings. The molecule has 2 bridgehead atoms. The van der Waals surface area contributed by atoms with E-state index in [1.54, 1.807) is 0 Å². The summed E-state index contributed by atoms with van der Waals surface area (Å²) in [6, 6.07) is 0.730. The van der Waals surface area contributed by atoms with Gasteiger partial charge in [0, 0.05) is 6.04 Å². The fourth-order valence-corrected chi connectivity index (χ4v) is 1.59. The Balaban J connectivity index is 2.13. The van der Waals surface area contributed by atoms with Crippen LogP contribution >= 0.6 is 0 Å². The van der Waals surface area contributed by atoms with Crippen LogP contribution in [-0.2, 0) is 0 Å². The number of allylic oxidation sites excluding steroid dienone is 1. The molecule has 0 saturated carbocycles. The number of hydrogen-bond donors (Lipinski definition) is 1. The van der Waals surface area contributed by atoms with E-state index in [1.807, 2.05) is 0 Å². The van der Waals surface area contributed by atoms with E-state index in [0.717, 1.165) is 12.0 Å². The van der Waals surface area contributed by atoms with Gasteiger partial charge < -0.3 is 5.32 Å². The maximum absolute atomic E-state index is 3.42. The van der Waals surface area contributed by atoms with Crippen LogP contribution < -0.4 is 5.32 Å². The minimum Gasteiger partial charge on any atom is -0.310 e. The van der Waals surface area contributed by atoms with Crippen molar-refractivity contribution in [3.8, 4) is 0 Å². The molecule has 2 atom stereocenters. The number of hydrogen-bond acceptors (Lipinski definition) is 1. The van der Waals surface area contributed by atoms with Crippen LogP contribution in [0.25, 0.3) is 0 Å². The predicted octanol–water partition coefficient (Wildman–Crippen LogP) is 0.924. The van der Waals surface area contributed by atoms with Gasteiger partial charge in [0.2, 0.25) is 0 Å². The number of nitrogens with one attached hydrogen (secondary N) is 1. The van der Waals surface area contributed by atoms with E-state index in [9.17, 15) is 0 Å². The quantitative estimate of drug-likeness (QED) is 0.456. The Kier molecular flexibility index (Phi) is 0.908. The molecule has 1 saturated heterocycles. The van der Waals surface area contributed by atoms with Crippen LogP contribution in [0.15, 0.2) is 12.2 Å². The molecule has 0 radical (unpaired) electrons. The highest BCUT2D eigenvalue weighted by atomic mass is 14.9. The minimum absolute atomic E-state index is 0.730. The number of rotatable bonds is 0. The van der Waals surface area contributed by atoms with Crippen LogP contribution in [0.4, 0.5) is 0 Å². The maximum Gasteiger partial charge on any atom is 0.0255 e. The predicted molar refractivity (Wildman–Crippen MR) is 33.7 cm³/mol. The summed E-state index contributed by atoms with van der Waals surface area (Å²) in [6.45, 7) is 1.22. The molecule has 1 heterocycles. The standard InChI is InChI=1S/C7H11N/c1-2-7-5-6(1)3-4-8-7/h1-2,6-8H,3-5H2/t6-,7-/m0/s1. The van der Waals surface area contributed by atoms with Crippen molar-refractivity contribution in [3.05, 3.63) is 12.2 Å². The van der Waals surface area contributed by atoms with Gasteiger partial charge in [-0.15, -0.1) is 0 Å². The van der Waals surface area contributed by atoms with Gasteiger partial charge in [-0.3, -0.25) is 0 Å². The SMILES string of the molecule is C1=C[C@H]2C[C@@H]1CCN2. The Morgan fingerprint density at radius 2 is 2.38 bits per heavy atom. The fraction of sp³-hybridized carbons (Fsp3) is 0.714. The van der Waals surface area contributed by atoms with Gasteiger partial charge >= 0.3 is 0 Å². The molecule has 1 fully saturated rings. The van der Waals surface area contributed by atoms with Crippen molar-refractivity contribution in [1.82, 2.24) is 5.32 Å². The summed E-state index contributed by atoms with van der Waals surface area (Å²) >= 11 is 0. The summed E-state index contributed by atoms with van der Waals surface area (Å²) in [7, 11) is 0. The van der Waals surface area contributed by atoms with Crippen molar-refractivity contribution >= 4 is 0 Å². The first-order valence-corrected chi connectivity index (χ1v) is 3.37. The molecule has 1 nitrogen and oxygen atoms in total. The van der Waals surface area contributed by atoms with Crippen LogP contribution in [0.1, 0.15) is 12.8 Å². The van der Waals surface area contributed by atoms with E-state index >= 15 is 0 Å². The Morgan fingerprint density at radius 3 is 3.12 bits per heavy atom. The lowest BCUT2D eigenvalue weighted by molar-refractivity contribution is 0.414. The lowest BCUT2D eigenvalue weighted by atomic mass is 10.0. The summed E-state index contributed by atoms with van der Waals surface area (Å²) in [5.41, 5.74) is 0. The van der Waals surface area contributed by atoms with Crippen molar-refractivity contribution in [1.29, 1.82) is 0 Å². The Hall–Kier alpha value is -0.300. The highest BCUT2D eigenvalue weighted by Crippen LogP contribution is 2.24. The molecule has 8 heavy (non-hydrogen) atoms. The zero-order chi connectivity index (χ0) is 5.40. The van der Waals surface area contributed by atoms with Crippen LogP contribution in [0.3, 0.4) is 0 Å². The third-order valence-corrected chi connectivity index (χ3v) is 2.09. The molecule has 0 aromatic carbocycles. The molecule has 0 amide bonds. The molecular formula is C7H11N. The van der Waals surface area contributed by atoms with Gasteiger partial charge in [-0.25, -0.2) is 0 Å². The smallest absolute Gasteiger partial charge is 0.0255 e. The van der Waals surface area contributed by atoms with Gasteiger partial charge in [0.05, 0.1) is 0 Å². The molecule has 0 aromatic heterocycles. The lowest BCUT2D eigenvalue weighted by Crippen LogP contribution is -2.32. The molecule has 0 unspecified atom stereocenters. The molecule has 1 aliphatic carbocycles. The van der Waals surface area contributed by atoms with Crippen molar-refractivity contribution in [2.75, 3.05) is 6.54 Å². The first-order valence-electron chi connectivity index (χ1n) is 3.37. The summed E-state index contributed by atoms with van der Waals surface area (Å²) in [5, 5.41) is 3.42. The third kappa shape index (κ3) is 0.583. The summed E-state index contributed by atoms with van der Waals surface area (Å²) < 4.78 is 0. The molecular weight excluding hydrogens is 98.1 g/mol. The lowest BCUT2D eigenvalue weighted by Gasteiger charge is -2.19. The van der Waals surface area contributed by atoms with E-state index in [-0.39, 0.29) is 0 Å². The maximum atomic E-state index is 3.42. The fourth-order valence-electron chi connectivity index (χ4n) is 1.59. The number of fused-ring (bicyclic) bond motifs is 2. The van der Waals surface area contributed by atoms with Crippen molar-refractivity contribution < 1.29 is 0 Å². The van der Waals surface area contributed by atoms with E-state index in [0.29, 0.717) is 0 Å². The van der Waals surface area contributed by atoms with Gasteiger partial charge in [-0.05, 0) is 25.3 Å². The van der Waals surface area contributed by atoms with E-state index in [2.05, 4.69) is 17.5 Å². The summed E-state index contributed by atoms with van der Waals surface area (Å²) in [6.07, 6.45) is 7.37. The molecule has 0 spiro atoms. The Labute approximate surface area is 49.8 Å². The van der Waals surface area contributed by atoms with Crippen molar-refractivity contribution in [2.45, 2.75) is 18.9 Å². The molecule has 1 heteroatoms. The molecule has 2 aliphatic rings. The largest absolute Gasteiger partial charge is 0.310 e. The highest BCUT2D eigenvalue weighted by molar-refractivity contribution is 5.08. The monoisotopic (exact) mass is 109 g/mol. The second kappa shape index (κ2) is 1.59. The Bertz CT molecular complexity index is 106. The zero-order valence-electron chi connectivity index (χ0n) is 4.93. The van der Waals surface area contributed by atoms with Crippen LogP contribution in [-0.4, -0.2) is 12.6 Å². The zero-order valence-corrected chi connectivity index (χ0v) is 4.93. The van der Waals surface area contributed by atoms with Crippen molar-refractivity contribution in [3.63, 3.8) is 0 Å². The van der Waals surface area contributed by atoms with Crippen LogP contribution in [0.5, 0.6) is 0 Å². The molecule has 44 valence electrons. The highest BCUT2D eigenvalue weighted by Gasteiger charge is 2.21. The average Bonchev–Trinajstić information content (AvgIpc) is 2.12. The van der Waals surface area contributed by atoms with Gasteiger partial charge in [-0.2, -0.15) is 0 Å². The van der Waals surface area contributed by atoms with Gasteiger partial charge in [-0.1, -0.05) is 12.2 Å². The van der Waals surface area contributed by atoms with Crippen molar-refractivity contribution in [2.24, 2.45) is 5.92 Å². The average molecular weight is 109 g/mol. The second-order valence-electron chi connectivity index (χ2n) is 2.73. The van der Waals surface area contributed by atoms with E-state index < -0.39 is 0 Å². The third-order valence-electron chi connectivity index (χ3n) is 2.09. The van der Waals surface area contributed by atoms with E-state index in [1.165, 1.54) is 19.4 Å². The van der Waals surface area contributed by atoms with E-state index in [4.69, 9.17) is 0 Å². The summed E-state index contributed by atoms with van der Waals surface area (Å²) in [5.74, 6) is 0.918. The number of piperidine rings is 1. The van der Waals surface area contributed by atoms with Gasteiger partial charge in [0.1, 0.15) is 0 Å².